The minimum atomic E-state index is -0.597. The second-order valence-electron chi connectivity index (χ2n) is 7.00. The highest BCUT2D eigenvalue weighted by Crippen LogP contribution is 2.23. The summed E-state index contributed by atoms with van der Waals surface area (Å²) in [5, 5.41) is 9.88. The molecule has 25 heavy (non-hydrogen) atoms. The molecule has 1 N–H and O–H groups in total. The molecular formula is C18H25NO6. The predicted molar refractivity (Wildman–Crippen MR) is 90.6 cm³/mol. The van der Waals surface area contributed by atoms with Gasteiger partial charge in [0.15, 0.2) is 0 Å². The molecule has 1 aromatic carbocycles. The number of nitrogens with zero attached hydrogens (tertiary/aromatic N) is 1. The molecule has 1 aromatic rings. The number of hydrogen-bond acceptors (Lipinski definition) is 6. The van der Waals surface area contributed by atoms with E-state index in [0.717, 1.165) is 0 Å². The Bertz CT molecular complexity index is 607. The molecule has 0 aliphatic carbocycles. The molecule has 138 valence electrons. The number of aliphatic hydroxyl groups excluding tert-OH is 1. The van der Waals surface area contributed by atoms with Gasteiger partial charge >= 0.3 is 12.1 Å². The SMILES string of the molecule is COC(=O)c1ccc(OC[C@@H]2C[C@@H](O)CN2C(=O)OC(C)(C)C)cc1. The lowest BCUT2D eigenvalue weighted by molar-refractivity contribution is 0.0173. The first kappa shape index (κ1) is 19.1. The van der Waals surface area contributed by atoms with Crippen molar-refractivity contribution in [1.29, 1.82) is 0 Å². The number of aliphatic hydroxyl groups is 1. The Labute approximate surface area is 147 Å². The topological polar surface area (TPSA) is 85.3 Å². The van der Waals surface area contributed by atoms with E-state index in [2.05, 4.69) is 4.74 Å². The quantitative estimate of drug-likeness (QED) is 0.837. The van der Waals surface area contributed by atoms with Crippen LogP contribution in [0.4, 0.5) is 4.79 Å². The van der Waals surface area contributed by atoms with E-state index in [1.54, 1.807) is 45.0 Å². The molecule has 1 amide bonds. The van der Waals surface area contributed by atoms with Gasteiger partial charge in [-0.2, -0.15) is 0 Å². The second kappa shape index (κ2) is 7.74. The van der Waals surface area contributed by atoms with Crippen LogP contribution in [0.3, 0.4) is 0 Å². The number of hydrogen-bond donors (Lipinski definition) is 1. The molecule has 0 saturated carbocycles. The van der Waals surface area contributed by atoms with Gasteiger partial charge in [0.25, 0.3) is 0 Å². The van der Waals surface area contributed by atoms with Gasteiger partial charge in [-0.05, 0) is 51.5 Å². The minimum Gasteiger partial charge on any atom is -0.491 e. The van der Waals surface area contributed by atoms with Gasteiger partial charge in [-0.15, -0.1) is 0 Å². The fourth-order valence-electron chi connectivity index (χ4n) is 2.59. The summed E-state index contributed by atoms with van der Waals surface area (Å²) in [6.07, 6.45) is -0.624. The molecule has 1 aliphatic heterocycles. The summed E-state index contributed by atoms with van der Waals surface area (Å²) in [7, 11) is 1.32. The van der Waals surface area contributed by atoms with Crippen molar-refractivity contribution < 1.29 is 28.9 Å². The summed E-state index contributed by atoms with van der Waals surface area (Å²) in [6.45, 7) is 5.85. The van der Waals surface area contributed by atoms with Crippen LogP contribution < -0.4 is 4.74 Å². The van der Waals surface area contributed by atoms with E-state index in [1.807, 2.05) is 0 Å². The molecule has 2 rings (SSSR count). The summed E-state index contributed by atoms with van der Waals surface area (Å²) in [6, 6.07) is 6.27. The maximum Gasteiger partial charge on any atom is 0.410 e. The fourth-order valence-corrected chi connectivity index (χ4v) is 2.59. The molecule has 2 atom stereocenters. The van der Waals surface area contributed by atoms with Crippen molar-refractivity contribution >= 4 is 12.1 Å². The van der Waals surface area contributed by atoms with Crippen molar-refractivity contribution in [3.05, 3.63) is 29.8 Å². The lowest BCUT2D eigenvalue weighted by Crippen LogP contribution is -2.42. The molecular weight excluding hydrogens is 326 g/mol. The largest absolute Gasteiger partial charge is 0.491 e. The number of ether oxygens (including phenoxy) is 3. The predicted octanol–water partition coefficient (Wildman–Crippen LogP) is 2.22. The number of rotatable bonds is 4. The van der Waals surface area contributed by atoms with Crippen LogP contribution in [0, 0.1) is 0 Å². The Kier molecular flexibility index (Phi) is 5.89. The van der Waals surface area contributed by atoms with Crippen molar-refractivity contribution in [1.82, 2.24) is 4.90 Å². The average molecular weight is 351 g/mol. The Morgan fingerprint density at radius 1 is 1.24 bits per heavy atom. The van der Waals surface area contributed by atoms with Crippen molar-refractivity contribution in [2.24, 2.45) is 0 Å². The number of carbonyl (C=O) groups excluding carboxylic acids is 2. The summed E-state index contributed by atoms with van der Waals surface area (Å²) in [4.78, 5) is 25.2. The molecule has 0 unspecified atom stereocenters. The van der Waals surface area contributed by atoms with E-state index in [9.17, 15) is 14.7 Å². The van der Waals surface area contributed by atoms with Gasteiger partial charge in [0.05, 0.1) is 31.4 Å². The van der Waals surface area contributed by atoms with E-state index < -0.39 is 23.8 Å². The zero-order valence-electron chi connectivity index (χ0n) is 15.0. The van der Waals surface area contributed by atoms with Gasteiger partial charge in [0.1, 0.15) is 18.0 Å². The number of methoxy groups -OCH3 is 1. The van der Waals surface area contributed by atoms with E-state index in [-0.39, 0.29) is 19.2 Å². The van der Waals surface area contributed by atoms with Crippen LogP contribution >= 0.6 is 0 Å². The smallest absolute Gasteiger partial charge is 0.410 e. The van der Waals surface area contributed by atoms with Gasteiger partial charge in [0, 0.05) is 0 Å². The van der Waals surface area contributed by atoms with Gasteiger partial charge in [-0.3, -0.25) is 4.90 Å². The zero-order chi connectivity index (χ0) is 18.6. The van der Waals surface area contributed by atoms with Gasteiger partial charge < -0.3 is 19.3 Å². The highest BCUT2D eigenvalue weighted by atomic mass is 16.6. The fraction of sp³-hybridized carbons (Fsp3) is 0.556. The van der Waals surface area contributed by atoms with Crippen molar-refractivity contribution in [3.8, 4) is 5.75 Å². The number of benzene rings is 1. The maximum atomic E-state index is 12.3. The molecule has 7 heteroatoms. The number of esters is 1. The second-order valence-corrected chi connectivity index (χ2v) is 7.00. The molecule has 0 aromatic heterocycles. The molecule has 0 bridgehead atoms. The van der Waals surface area contributed by atoms with Crippen LogP contribution in [0.15, 0.2) is 24.3 Å². The summed E-state index contributed by atoms with van der Waals surface area (Å²) < 4.78 is 15.7. The summed E-state index contributed by atoms with van der Waals surface area (Å²) in [5.41, 5.74) is -0.166. The van der Waals surface area contributed by atoms with Crippen LogP contribution in [-0.4, -0.2) is 60.1 Å². The first-order valence-electron chi connectivity index (χ1n) is 8.18. The zero-order valence-corrected chi connectivity index (χ0v) is 15.0. The molecule has 0 spiro atoms. The Morgan fingerprint density at radius 3 is 2.44 bits per heavy atom. The number of β-amino-alcohol motifs (C(OH)–C–C–N with tert-alkyl or cyclic N) is 1. The van der Waals surface area contributed by atoms with Crippen LogP contribution in [0.1, 0.15) is 37.6 Å². The molecule has 1 aliphatic rings. The first-order valence-corrected chi connectivity index (χ1v) is 8.18. The van der Waals surface area contributed by atoms with Gasteiger partial charge in [-0.25, -0.2) is 9.59 Å². The normalized spacial score (nSPS) is 20.3. The molecule has 0 radical (unpaired) electrons. The third kappa shape index (κ3) is 5.35. The van der Waals surface area contributed by atoms with Crippen LogP contribution in [0.2, 0.25) is 0 Å². The van der Waals surface area contributed by atoms with Crippen LogP contribution in [0.5, 0.6) is 5.75 Å². The lowest BCUT2D eigenvalue weighted by Gasteiger charge is -2.28. The third-order valence-electron chi connectivity index (χ3n) is 3.74. The number of likely N-dealkylation sites (tertiary alicyclic amines) is 1. The van der Waals surface area contributed by atoms with E-state index in [0.29, 0.717) is 17.7 Å². The van der Waals surface area contributed by atoms with Crippen molar-refractivity contribution in [2.45, 2.75) is 44.9 Å². The Morgan fingerprint density at radius 2 is 1.88 bits per heavy atom. The van der Waals surface area contributed by atoms with E-state index in [4.69, 9.17) is 9.47 Å². The summed E-state index contributed by atoms with van der Waals surface area (Å²) >= 11 is 0. The van der Waals surface area contributed by atoms with Crippen LogP contribution in [0.25, 0.3) is 0 Å². The number of carbonyl (C=O) groups is 2. The molecule has 1 fully saturated rings. The van der Waals surface area contributed by atoms with Crippen molar-refractivity contribution in [3.63, 3.8) is 0 Å². The van der Waals surface area contributed by atoms with Crippen LogP contribution in [-0.2, 0) is 9.47 Å². The maximum absolute atomic E-state index is 12.3. The Balaban J connectivity index is 1.96. The molecule has 7 nitrogen and oxygen atoms in total. The highest BCUT2D eigenvalue weighted by Gasteiger charge is 2.37. The molecule has 1 heterocycles. The summed E-state index contributed by atoms with van der Waals surface area (Å²) in [5.74, 6) is 0.153. The third-order valence-corrected chi connectivity index (χ3v) is 3.74. The average Bonchev–Trinajstić information content (AvgIpc) is 2.92. The van der Waals surface area contributed by atoms with E-state index >= 15 is 0 Å². The highest BCUT2D eigenvalue weighted by molar-refractivity contribution is 5.89. The van der Waals surface area contributed by atoms with E-state index in [1.165, 1.54) is 12.0 Å². The van der Waals surface area contributed by atoms with Crippen molar-refractivity contribution in [2.75, 3.05) is 20.3 Å². The standard InChI is InChI=1S/C18H25NO6/c1-18(2,3)25-17(22)19-10-14(20)9-13(19)11-24-15-7-5-12(6-8-15)16(21)23-4/h5-8,13-14,20H,9-11H2,1-4H3/t13-,14+/m0/s1. The minimum absolute atomic E-state index is 0.226. The van der Waals surface area contributed by atoms with Gasteiger partial charge in [-0.1, -0.05) is 0 Å². The monoisotopic (exact) mass is 351 g/mol. The first-order chi connectivity index (χ1) is 11.7. The lowest BCUT2D eigenvalue weighted by atomic mass is 10.2. The number of amides is 1. The Hall–Kier alpha value is -2.28. The van der Waals surface area contributed by atoms with Gasteiger partial charge in [0.2, 0.25) is 0 Å². The molecule has 1 saturated heterocycles.